The van der Waals surface area contributed by atoms with Crippen molar-refractivity contribution in [2.45, 2.75) is 26.4 Å². The molecule has 1 aliphatic rings. The van der Waals surface area contributed by atoms with Gasteiger partial charge in [-0.2, -0.15) is 0 Å². The van der Waals surface area contributed by atoms with Gasteiger partial charge >= 0.3 is 5.97 Å². The summed E-state index contributed by atoms with van der Waals surface area (Å²) < 4.78 is 4.59. The molecule has 0 saturated heterocycles. The Bertz CT molecular complexity index is 174. The SMILES string of the molecule is COC(=O)[C@@H]1C[C@H](O)C1(C)C. The van der Waals surface area contributed by atoms with Crippen LogP contribution in [0.3, 0.4) is 0 Å². The Hall–Kier alpha value is -0.570. The number of rotatable bonds is 1. The van der Waals surface area contributed by atoms with E-state index in [1.54, 1.807) is 0 Å². The average molecular weight is 158 g/mol. The van der Waals surface area contributed by atoms with Crippen molar-refractivity contribution >= 4 is 5.97 Å². The van der Waals surface area contributed by atoms with E-state index in [0.29, 0.717) is 6.42 Å². The van der Waals surface area contributed by atoms with Crippen LogP contribution in [0, 0.1) is 11.3 Å². The van der Waals surface area contributed by atoms with E-state index in [1.807, 2.05) is 13.8 Å². The molecule has 0 unspecified atom stereocenters. The Balaban J connectivity index is 2.59. The van der Waals surface area contributed by atoms with E-state index >= 15 is 0 Å². The van der Waals surface area contributed by atoms with Crippen LogP contribution in [0.15, 0.2) is 0 Å². The van der Waals surface area contributed by atoms with E-state index in [9.17, 15) is 9.90 Å². The van der Waals surface area contributed by atoms with Crippen LogP contribution < -0.4 is 0 Å². The molecule has 0 aliphatic heterocycles. The summed E-state index contributed by atoms with van der Waals surface area (Å²) in [6.07, 6.45) is 0.186. The molecule has 0 heterocycles. The lowest BCUT2D eigenvalue weighted by atomic mass is 9.60. The third-order valence-electron chi connectivity index (χ3n) is 2.70. The van der Waals surface area contributed by atoms with Crippen LogP contribution in [-0.4, -0.2) is 24.3 Å². The molecule has 0 aromatic heterocycles. The Kier molecular flexibility index (Phi) is 1.92. The van der Waals surface area contributed by atoms with Crippen LogP contribution in [0.1, 0.15) is 20.3 Å². The Morgan fingerprint density at radius 2 is 2.18 bits per heavy atom. The molecule has 2 atom stereocenters. The Labute approximate surface area is 66.4 Å². The maximum atomic E-state index is 11.0. The zero-order valence-electron chi connectivity index (χ0n) is 7.13. The fourth-order valence-corrected chi connectivity index (χ4v) is 1.44. The third-order valence-corrected chi connectivity index (χ3v) is 2.70. The zero-order valence-corrected chi connectivity index (χ0v) is 7.13. The Morgan fingerprint density at radius 1 is 1.64 bits per heavy atom. The van der Waals surface area contributed by atoms with Crippen molar-refractivity contribution in [3.05, 3.63) is 0 Å². The van der Waals surface area contributed by atoms with Gasteiger partial charge in [0.1, 0.15) is 0 Å². The summed E-state index contributed by atoms with van der Waals surface area (Å²) >= 11 is 0. The van der Waals surface area contributed by atoms with Crippen LogP contribution >= 0.6 is 0 Å². The van der Waals surface area contributed by atoms with E-state index < -0.39 is 0 Å². The highest BCUT2D eigenvalue weighted by Gasteiger charge is 2.51. The van der Waals surface area contributed by atoms with E-state index in [2.05, 4.69) is 4.74 Å². The highest BCUT2D eigenvalue weighted by atomic mass is 16.5. The Morgan fingerprint density at radius 3 is 2.45 bits per heavy atom. The number of ether oxygens (including phenoxy) is 1. The fourth-order valence-electron chi connectivity index (χ4n) is 1.44. The van der Waals surface area contributed by atoms with Crippen molar-refractivity contribution in [2.75, 3.05) is 7.11 Å². The van der Waals surface area contributed by atoms with Crippen molar-refractivity contribution in [1.29, 1.82) is 0 Å². The van der Waals surface area contributed by atoms with Gasteiger partial charge in [-0.1, -0.05) is 13.8 Å². The smallest absolute Gasteiger partial charge is 0.309 e. The van der Waals surface area contributed by atoms with Crippen molar-refractivity contribution in [1.82, 2.24) is 0 Å². The first-order valence-electron chi connectivity index (χ1n) is 3.76. The summed E-state index contributed by atoms with van der Waals surface area (Å²) in [6.45, 7) is 3.76. The standard InChI is InChI=1S/C8H14O3/c1-8(2)5(4-6(8)9)7(10)11-3/h5-6,9H,4H2,1-3H3/t5-,6-/m0/s1. The van der Waals surface area contributed by atoms with Crippen molar-refractivity contribution in [2.24, 2.45) is 11.3 Å². The minimum atomic E-state index is -0.355. The second-order valence-electron chi connectivity index (χ2n) is 3.65. The molecule has 3 nitrogen and oxygen atoms in total. The number of carbonyl (C=O) groups is 1. The normalized spacial score (nSPS) is 34.2. The maximum Gasteiger partial charge on any atom is 0.309 e. The minimum Gasteiger partial charge on any atom is -0.469 e. The lowest BCUT2D eigenvalue weighted by Gasteiger charge is -2.47. The van der Waals surface area contributed by atoms with Gasteiger partial charge in [0, 0.05) is 5.41 Å². The molecular weight excluding hydrogens is 144 g/mol. The van der Waals surface area contributed by atoms with E-state index in [1.165, 1.54) is 7.11 Å². The topological polar surface area (TPSA) is 46.5 Å². The molecule has 0 spiro atoms. The van der Waals surface area contributed by atoms with E-state index in [0.717, 1.165) is 0 Å². The first-order chi connectivity index (χ1) is 5.00. The molecule has 0 amide bonds. The summed E-state index contributed by atoms with van der Waals surface area (Å²) in [5, 5.41) is 9.28. The molecule has 0 aromatic rings. The number of esters is 1. The second-order valence-corrected chi connectivity index (χ2v) is 3.65. The van der Waals surface area contributed by atoms with E-state index in [-0.39, 0.29) is 23.4 Å². The van der Waals surface area contributed by atoms with Crippen LogP contribution in [0.4, 0.5) is 0 Å². The predicted octanol–water partition coefficient (Wildman–Crippen LogP) is 0.566. The zero-order chi connectivity index (χ0) is 8.65. The highest BCUT2D eigenvalue weighted by Crippen LogP contribution is 2.46. The van der Waals surface area contributed by atoms with Crippen LogP contribution in [0.5, 0.6) is 0 Å². The van der Waals surface area contributed by atoms with Gasteiger partial charge in [0.05, 0.1) is 19.1 Å². The lowest BCUT2D eigenvalue weighted by molar-refractivity contribution is -0.171. The van der Waals surface area contributed by atoms with Crippen molar-refractivity contribution < 1.29 is 14.6 Å². The van der Waals surface area contributed by atoms with Crippen molar-refractivity contribution in [3.63, 3.8) is 0 Å². The first-order valence-corrected chi connectivity index (χ1v) is 3.76. The van der Waals surface area contributed by atoms with Gasteiger partial charge in [-0.05, 0) is 6.42 Å². The van der Waals surface area contributed by atoms with Crippen LogP contribution in [0.2, 0.25) is 0 Å². The molecule has 1 fully saturated rings. The molecule has 0 aromatic carbocycles. The third kappa shape index (κ3) is 1.13. The van der Waals surface area contributed by atoms with Gasteiger partial charge in [0.2, 0.25) is 0 Å². The van der Waals surface area contributed by atoms with Crippen LogP contribution in [-0.2, 0) is 9.53 Å². The van der Waals surface area contributed by atoms with Gasteiger partial charge in [-0.25, -0.2) is 0 Å². The maximum absolute atomic E-state index is 11.0. The minimum absolute atomic E-state index is 0.123. The van der Waals surface area contributed by atoms with Gasteiger partial charge in [0.15, 0.2) is 0 Å². The molecule has 3 heteroatoms. The number of hydrogen-bond donors (Lipinski definition) is 1. The molecule has 1 rings (SSSR count). The number of methoxy groups -OCH3 is 1. The molecular formula is C8H14O3. The van der Waals surface area contributed by atoms with Crippen molar-refractivity contribution in [3.8, 4) is 0 Å². The van der Waals surface area contributed by atoms with Crippen LogP contribution in [0.25, 0.3) is 0 Å². The average Bonchev–Trinajstić information content (AvgIpc) is 1.98. The number of aliphatic hydroxyl groups is 1. The molecule has 1 aliphatic carbocycles. The molecule has 0 bridgehead atoms. The largest absolute Gasteiger partial charge is 0.469 e. The van der Waals surface area contributed by atoms with Gasteiger partial charge in [-0.15, -0.1) is 0 Å². The number of carbonyl (C=O) groups excluding carboxylic acids is 1. The summed E-state index contributed by atoms with van der Waals surface area (Å²) in [6, 6.07) is 0. The number of aliphatic hydroxyl groups excluding tert-OH is 1. The summed E-state index contributed by atoms with van der Waals surface area (Å²) in [5.74, 6) is -0.331. The number of hydrogen-bond acceptors (Lipinski definition) is 3. The van der Waals surface area contributed by atoms with Gasteiger partial charge < -0.3 is 9.84 Å². The monoisotopic (exact) mass is 158 g/mol. The quantitative estimate of drug-likeness (QED) is 0.567. The fraction of sp³-hybridized carbons (Fsp3) is 0.875. The lowest BCUT2D eigenvalue weighted by Crippen LogP contribution is -2.52. The summed E-state index contributed by atoms with van der Waals surface area (Å²) in [5.41, 5.74) is -0.299. The molecule has 1 N–H and O–H groups in total. The van der Waals surface area contributed by atoms with Gasteiger partial charge in [0.25, 0.3) is 0 Å². The molecule has 11 heavy (non-hydrogen) atoms. The van der Waals surface area contributed by atoms with E-state index in [4.69, 9.17) is 0 Å². The summed E-state index contributed by atoms with van der Waals surface area (Å²) in [7, 11) is 1.38. The molecule has 64 valence electrons. The predicted molar refractivity (Wildman–Crippen MR) is 39.9 cm³/mol. The summed E-state index contributed by atoms with van der Waals surface area (Å²) in [4.78, 5) is 11.0. The van der Waals surface area contributed by atoms with Gasteiger partial charge in [-0.3, -0.25) is 4.79 Å². The molecule has 0 radical (unpaired) electrons. The molecule has 1 saturated carbocycles. The first kappa shape index (κ1) is 8.53. The second kappa shape index (κ2) is 2.48. The highest BCUT2D eigenvalue weighted by molar-refractivity contribution is 5.74.